The Balaban J connectivity index is 1.88. The smallest absolute Gasteiger partial charge is 0.342 e. The summed E-state index contributed by atoms with van der Waals surface area (Å²) in [5.74, 6) is -0.219. The van der Waals surface area contributed by atoms with Crippen LogP contribution in [0.4, 0.5) is 0 Å². The normalized spacial score (nSPS) is 23.4. The predicted molar refractivity (Wildman–Crippen MR) is 89.1 cm³/mol. The Bertz CT molecular complexity index is 601. The summed E-state index contributed by atoms with van der Waals surface area (Å²) in [6.45, 7) is 3.96. The number of methoxy groups -OCH3 is 1. The summed E-state index contributed by atoms with van der Waals surface area (Å²) >= 11 is 0. The zero-order valence-electron chi connectivity index (χ0n) is 14.4. The lowest BCUT2D eigenvalue weighted by molar-refractivity contribution is -0.125. The number of rotatable bonds is 5. The van der Waals surface area contributed by atoms with E-state index < -0.39 is 5.97 Å². The minimum Gasteiger partial charge on any atom is -0.504 e. The molecule has 0 radical (unpaired) electrons. The van der Waals surface area contributed by atoms with Gasteiger partial charge < -0.3 is 19.9 Å². The molecule has 1 amide bonds. The van der Waals surface area contributed by atoms with E-state index in [1.165, 1.54) is 25.7 Å². The largest absolute Gasteiger partial charge is 0.504 e. The van der Waals surface area contributed by atoms with E-state index in [0.29, 0.717) is 11.8 Å². The van der Waals surface area contributed by atoms with Gasteiger partial charge in [0, 0.05) is 6.04 Å². The number of carbonyl (C=O) groups excluding carboxylic acids is 2. The van der Waals surface area contributed by atoms with Gasteiger partial charge in [0.15, 0.2) is 18.1 Å². The highest BCUT2D eigenvalue weighted by molar-refractivity contribution is 5.94. The maximum atomic E-state index is 12.0. The fourth-order valence-electron chi connectivity index (χ4n) is 3.09. The monoisotopic (exact) mass is 335 g/mol. The number of aromatic hydroxyl groups is 1. The zero-order chi connectivity index (χ0) is 17.7. The molecule has 132 valence electrons. The van der Waals surface area contributed by atoms with Gasteiger partial charge in [0.05, 0.1) is 7.11 Å². The summed E-state index contributed by atoms with van der Waals surface area (Å²) < 4.78 is 9.95. The van der Waals surface area contributed by atoms with Crippen LogP contribution in [-0.4, -0.2) is 36.7 Å². The van der Waals surface area contributed by atoms with Crippen molar-refractivity contribution in [3.63, 3.8) is 0 Å². The minimum atomic E-state index is -0.758. The van der Waals surface area contributed by atoms with Crippen LogP contribution in [0.15, 0.2) is 18.2 Å². The van der Waals surface area contributed by atoms with Crippen molar-refractivity contribution in [3.05, 3.63) is 23.8 Å². The van der Waals surface area contributed by atoms with Gasteiger partial charge in [-0.3, -0.25) is 4.79 Å². The lowest BCUT2D eigenvalue weighted by Gasteiger charge is -2.34. The lowest BCUT2D eigenvalue weighted by Crippen LogP contribution is -2.45. The molecule has 0 bridgehead atoms. The summed E-state index contributed by atoms with van der Waals surface area (Å²) in [4.78, 5) is 24.1. The third-order valence-electron chi connectivity index (χ3n) is 4.83. The van der Waals surface area contributed by atoms with Crippen LogP contribution >= 0.6 is 0 Å². The second-order valence-corrected chi connectivity index (χ2v) is 6.37. The number of amides is 1. The quantitative estimate of drug-likeness (QED) is 0.808. The van der Waals surface area contributed by atoms with Crippen LogP contribution in [0, 0.1) is 11.8 Å². The van der Waals surface area contributed by atoms with Crippen LogP contribution < -0.4 is 10.1 Å². The average molecular weight is 335 g/mol. The van der Waals surface area contributed by atoms with Crippen molar-refractivity contribution < 1.29 is 24.2 Å². The first-order chi connectivity index (χ1) is 11.4. The summed E-state index contributed by atoms with van der Waals surface area (Å²) in [6.07, 6.45) is 3.22. The van der Waals surface area contributed by atoms with Crippen molar-refractivity contribution in [2.45, 2.75) is 39.2 Å². The van der Waals surface area contributed by atoms with Gasteiger partial charge in [0.2, 0.25) is 0 Å². The molecule has 0 aromatic heterocycles. The average Bonchev–Trinajstić information content (AvgIpc) is 2.57. The molecule has 0 spiro atoms. The van der Waals surface area contributed by atoms with Gasteiger partial charge in [-0.2, -0.15) is 0 Å². The van der Waals surface area contributed by atoms with Gasteiger partial charge in [0.25, 0.3) is 5.91 Å². The molecule has 0 heterocycles. The molecule has 1 saturated carbocycles. The molecule has 1 fully saturated rings. The Kier molecular flexibility index (Phi) is 6.06. The number of nitrogens with one attached hydrogen (secondary N) is 1. The molecular formula is C18H25NO5. The van der Waals surface area contributed by atoms with Crippen LogP contribution in [0.3, 0.4) is 0 Å². The highest BCUT2D eigenvalue weighted by Gasteiger charge is 2.28. The number of esters is 1. The molecule has 24 heavy (non-hydrogen) atoms. The lowest BCUT2D eigenvalue weighted by atomic mass is 9.78. The van der Waals surface area contributed by atoms with E-state index in [2.05, 4.69) is 19.2 Å². The van der Waals surface area contributed by atoms with E-state index in [1.54, 1.807) is 6.07 Å². The maximum Gasteiger partial charge on any atom is 0.342 e. The zero-order valence-corrected chi connectivity index (χ0v) is 14.4. The summed E-state index contributed by atoms with van der Waals surface area (Å²) in [6, 6.07) is 4.64. The number of benzene rings is 1. The number of carbonyl (C=O) groups is 2. The van der Waals surface area contributed by atoms with Crippen LogP contribution in [-0.2, 0) is 9.53 Å². The third kappa shape index (κ3) is 4.19. The third-order valence-corrected chi connectivity index (χ3v) is 4.83. The molecule has 0 saturated heterocycles. The second-order valence-electron chi connectivity index (χ2n) is 6.37. The van der Waals surface area contributed by atoms with Gasteiger partial charge in [0.1, 0.15) is 5.56 Å². The van der Waals surface area contributed by atoms with E-state index in [-0.39, 0.29) is 35.6 Å². The van der Waals surface area contributed by atoms with Crippen molar-refractivity contribution in [3.8, 4) is 11.5 Å². The van der Waals surface area contributed by atoms with Crippen molar-refractivity contribution in [1.82, 2.24) is 5.32 Å². The topological polar surface area (TPSA) is 84.9 Å². The number of hydrogen-bond acceptors (Lipinski definition) is 5. The Morgan fingerprint density at radius 1 is 1.29 bits per heavy atom. The molecule has 6 nitrogen and oxygen atoms in total. The number of phenols is 1. The van der Waals surface area contributed by atoms with E-state index in [0.717, 1.165) is 12.8 Å². The number of para-hydroxylation sites is 1. The Morgan fingerprint density at radius 2 is 2.04 bits per heavy atom. The molecule has 1 aromatic rings. The molecule has 0 aliphatic heterocycles. The van der Waals surface area contributed by atoms with E-state index in [1.807, 2.05) is 0 Å². The summed E-state index contributed by atoms with van der Waals surface area (Å²) in [5.41, 5.74) is -0.0261. The van der Waals surface area contributed by atoms with Crippen molar-refractivity contribution in [2.24, 2.45) is 11.8 Å². The number of hydrogen-bond donors (Lipinski definition) is 2. The van der Waals surface area contributed by atoms with E-state index in [4.69, 9.17) is 9.47 Å². The first-order valence-electron chi connectivity index (χ1n) is 8.26. The molecule has 2 rings (SSSR count). The van der Waals surface area contributed by atoms with Crippen LogP contribution in [0.25, 0.3) is 0 Å². The second kappa shape index (κ2) is 8.04. The van der Waals surface area contributed by atoms with E-state index >= 15 is 0 Å². The van der Waals surface area contributed by atoms with Crippen molar-refractivity contribution >= 4 is 11.9 Å². The first-order valence-corrected chi connectivity index (χ1v) is 8.26. The molecule has 2 N–H and O–H groups in total. The highest BCUT2D eigenvalue weighted by atomic mass is 16.5. The fraction of sp³-hybridized carbons (Fsp3) is 0.556. The van der Waals surface area contributed by atoms with Gasteiger partial charge in [-0.25, -0.2) is 4.79 Å². The Morgan fingerprint density at radius 3 is 2.75 bits per heavy atom. The summed E-state index contributed by atoms with van der Waals surface area (Å²) in [5, 5.41) is 12.9. The van der Waals surface area contributed by atoms with Crippen LogP contribution in [0.5, 0.6) is 11.5 Å². The maximum absolute atomic E-state index is 12.0. The predicted octanol–water partition coefficient (Wildman–Crippen LogP) is 2.50. The summed E-state index contributed by atoms with van der Waals surface area (Å²) in [7, 11) is 1.39. The standard InChI is InChI=1S/C18H25NO5/c1-11-6-4-8-14(12(11)2)19-16(20)10-24-18(22)13-7-5-9-15(23-3)17(13)21/h5,7,9,11-12,14,21H,4,6,8,10H2,1-3H3,(H,19,20)/t11-,12-,14-/m0/s1. The van der Waals surface area contributed by atoms with Gasteiger partial charge in [-0.1, -0.05) is 32.8 Å². The first kappa shape index (κ1) is 18.1. The molecule has 1 aliphatic rings. The highest BCUT2D eigenvalue weighted by Crippen LogP contribution is 2.30. The molecule has 3 atom stereocenters. The number of phenolic OH excluding ortho intramolecular Hbond substituents is 1. The van der Waals surface area contributed by atoms with E-state index in [9.17, 15) is 14.7 Å². The van der Waals surface area contributed by atoms with Crippen molar-refractivity contribution in [1.29, 1.82) is 0 Å². The van der Waals surface area contributed by atoms with Gasteiger partial charge in [-0.15, -0.1) is 0 Å². The molecule has 6 heteroatoms. The number of ether oxygens (including phenoxy) is 2. The fourth-order valence-corrected chi connectivity index (χ4v) is 3.09. The molecule has 1 aliphatic carbocycles. The Hall–Kier alpha value is -2.24. The van der Waals surface area contributed by atoms with Crippen LogP contribution in [0.2, 0.25) is 0 Å². The van der Waals surface area contributed by atoms with Crippen molar-refractivity contribution in [2.75, 3.05) is 13.7 Å². The SMILES string of the molecule is COc1cccc(C(=O)OCC(=O)N[C@H]2CCC[C@H](C)[C@@H]2C)c1O. The minimum absolute atomic E-state index is 0.0261. The Labute approximate surface area is 142 Å². The van der Waals surface area contributed by atoms with Crippen LogP contribution in [0.1, 0.15) is 43.5 Å². The molecular weight excluding hydrogens is 310 g/mol. The van der Waals surface area contributed by atoms with Gasteiger partial charge >= 0.3 is 5.97 Å². The molecule has 0 unspecified atom stereocenters. The van der Waals surface area contributed by atoms with Gasteiger partial charge in [-0.05, 0) is 30.4 Å². The molecule has 1 aromatic carbocycles.